The number of carbonyl (C=O) groups excluding carboxylic acids is 1. The number of nitrogens with one attached hydrogen (secondary N) is 1. The van der Waals surface area contributed by atoms with Crippen molar-refractivity contribution in [1.29, 1.82) is 0 Å². The average Bonchev–Trinajstić information content (AvgIpc) is 2.75. The topological polar surface area (TPSA) is 72.9 Å². The number of anilines is 1. The number of hydrogen-bond acceptors (Lipinski definition) is 3. The van der Waals surface area contributed by atoms with E-state index in [0.717, 1.165) is 11.1 Å². The number of carbonyl (C=O) groups is 1. The predicted octanol–water partition coefficient (Wildman–Crippen LogP) is 1.42. The van der Waals surface area contributed by atoms with Gasteiger partial charge in [0.1, 0.15) is 0 Å². The average molecular weight is 244 g/mol. The first-order valence-corrected chi connectivity index (χ1v) is 5.78. The summed E-state index contributed by atoms with van der Waals surface area (Å²) in [4.78, 5) is 11.8. The van der Waals surface area contributed by atoms with Crippen molar-refractivity contribution < 1.29 is 4.79 Å². The minimum atomic E-state index is -0.116. The molecule has 2 aromatic rings. The van der Waals surface area contributed by atoms with Crippen LogP contribution in [0.15, 0.2) is 30.6 Å². The first-order valence-electron chi connectivity index (χ1n) is 5.78. The minimum Gasteiger partial charge on any atom is -0.399 e. The fourth-order valence-electron chi connectivity index (χ4n) is 1.78. The summed E-state index contributed by atoms with van der Waals surface area (Å²) in [6.07, 6.45) is 3.63. The molecular formula is C13H16N4O. The molecule has 0 fully saturated rings. The standard InChI is InChI=1S/C13H16N4O/c1-3-15-13(18)10-4-9(5-12(14)6-10)11-7-16-17(2)8-11/h4-8H,3,14H2,1-2H3,(H,15,18). The highest BCUT2D eigenvalue weighted by Gasteiger charge is 2.09. The van der Waals surface area contributed by atoms with Gasteiger partial charge in [-0.3, -0.25) is 9.48 Å². The molecule has 2 rings (SSSR count). The zero-order chi connectivity index (χ0) is 13.1. The molecule has 1 aromatic heterocycles. The number of benzene rings is 1. The monoisotopic (exact) mass is 244 g/mol. The number of rotatable bonds is 3. The third-order valence-electron chi connectivity index (χ3n) is 2.59. The minimum absolute atomic E-state index is 0.116. The van der Waals surface area contributed by atoms with E-state index in [2.05, 4.69) is 10.4 Å². The molecular weight excluding hydrogens is 228 g/mol. The summed E-state index contributed by atoms with van der Waals surface area (Å²) in [7, 11) is 1.85. The van der Waals surface area contributed by atoms with E-state index < -0.39 is 0 Å². The van der Waals surface area contributed by atoms with Gasteiger partial charge in [-0.15, -0.1) is 0 Å². The molecule has 18 heavy (non-hydrogen) atoms. The van der Waals surface area contributed by atoms with Crippen molar-refractivity contribution in [1.82, 2.24) is 15.1 Å². The summed E-state index contributed by atoms with van der Waals surface area (Å²) in [5.41, 5.74) is 8.80. The first kappa shape index (κ1) is 12.2. The zero-order valence-corrected chi connectivity index (χ0v) is 10.5. The van der Waals surface area contributed by atoms with Crippen molar-refractivity contribution in [2.24, 2.45) is 7.05 Å². The van der Waals surface area contributed by atoms with E-state index in [1.165, 1.54) is 0 Å². The molecule has 0 saturated carbocycles. The van der Waals surface area contributed by atoms with Gasteiger partial charge < -0.3 is 11.1 Å². The van der Waals surface area contributed by atoms with Gasteiger partial charge in [0.15, 0.2) is 0 Å². The van der Waals surface area contributed by atoms with Crippen molar-refractivity contribution in [2.75, 3.05) is 12.3 Å². The lowest BCUT2D eigenvalue weighted by atomic mass is 10.0. The van der Waals surface area contributed by atoms with Crippen LogP contribution < -0.4 is 11.1 Å². The van der Waals surface area contributed by atoms with Gasteiger partial charge in [0.25, 0.3) is 5.91 Å². The van der Waals surface area contributed by atoms with Crippen LogP contribution in [0.1, 0.15) is 17.3 Å². The first-order chi connectivity index (χ1) is 8.60. The summed E-state index contributed by atoms with van der Waals surface area (Å²) < 4.78 is 1.71. The normalized spacial score (nSPS) is 10.3. The Kier molecular flexibility index (Phi) is 3.32. The van der Waals surface area contributed by atoms with Gasteiger partial charge in [-0.25, -0.2) is 0 Å². The molecule has 0 atom stereocenters. The molecule has 94 valence electrons. The molecule has 0 bridgehead atoms. The predicted molar refractivity (Wildman–Crippen MR) is 71.1 cm³/mol. The fourth-order valence-corrected chi connectivity index (χ4v) is 1.78. The molecule has 0 saturated heterocycles. The highest BCUT2D eigenvalue weighted by Crippen LogP contribution is 2.23. The van der Waals surface area contributed by atoms with Gasteiger partial charge in [0.05, 0.1) is 6.20 Å². The van der Waals surface area contributed by atoms with Gasteiger partial charge in [0.2, 0.25) is 0 Å². The Morgan fingerprint density at radius 2 is 2.17 bits per heavy atom. The third-order valence-corrected chi connectivity index (χ3v) is 2.59. The smallest absolute Gasteiger partial charge is 0.251 e. The van der Waals surface area contributed by atoms with Crippen LogP contribution in [0.4, 0.5) is 5.69 Å². The molecule has 5 heteroatoms. The summed E-state index contributed by atoms with van der Waals surface area (Å²) in [6, 6.07) is 5.32. The molecule has 1 aromatic carbocycles. The van der Waals surface area contributed by atoms with Crippen LogP contribution in [0.2, 0.25) is 0 Å². The molecule has 0 aliphatic rings. The van der Waals surface area contributed by atoms with Crippen molar-refractivity contribution in [2.45, 2.75) is 6.92 Å². The molecule has 0 unspecified atom stereocenters. The number of aromatic nitrogens is 2. The maximum atomic E-state index is 11.8. The Morgan fingerprint density at radius 1 is 1.39 bits per heavy atom. The second kappa shape index (κ2) is 4.91. The highest BCUT2D eigenvalue weighted by atomic mass is 16.1. The number of nitrogens with two attached hydrogens (primary N) is 1. The molecule has 0 aliphatic carbocycles. The molecule has 0 aliphatic heterocycles. The molecule has 1 heterocycles. The van der Waals surface area contributed by atoms with Gasteiger partial charge >= 0.3 is 0 Å². The number of amides is 1. The van der Waals surface area contributed by atoms with Crippen LogP contribution in [0.3, 0.4) is 0 Å². The van der Waals surface area contributed by atoms with Gasteiger partial charge in [-0.1, -0.05) is 0 Å². The number of hydrogen-bond donors (Lipinski definition) is 2. The molecule has 1 amide bonds. The van der Waals surface area contributed by atoms with Gasteiger partial charge in [-0.2, -0.15) is 5.10 Å². The van der Waals surface area contributed by atoms with E-state index in [9.17, 15) is 4.79 Å². The van der Waals surface area contributed by atoms with Crippen molar-refractivity contribution >= 4 is 11.6 Å². The number of aryl methyl sites for hydroxylation is 1. The zero-order valence-electron chi connectivity index (χ0n) is 10.5. The summed E-state index contributed by atoms with van der Waals surface area (Å²) in [6.45, 7) is 2.47. The Balaban J connectivity index is 2.41. The Morgan fingerprint density at radius 3 is 2.78 bits per heavy atom. The van der Waals surface area contributed by atoms with E-state index in [1.54, 1.807) is 16.9 Å². The fraction of sp³-hybridized carbons (Fsp3) is 0.231. The maximum absolute atomic E-state index is 11.8. The molecule has 0 radical (unpaired) electrons. The van der Waals surface area contributed by atoms with Gasteiger partial charge in [0, 0.05) is 36.6 Å². The third kappa shape index (κ3) is 2.51. The SMILES string of the molecule is CCNC(=O)c1cc(N)cc(-c2cnn(C)c2)c1. The molecule has 5 nitrogen and oxygen atoms in total. The van der Waals surface area contributed by atoms with Gasteiger partial charge in [-0.05, 0) is 30.7 Å². The summed E-state index contributed by atoms with van der Waals surface area (Å²) in [5.74, 6) is -0.116. The lowest BCUT2D eigenvalue weighted by Gasteiger charge is -2.06. The lowest BCUT2D eigenvalue weighted by Crippen LogP contribution is -2.22. The summed E-state index contributed by atoms with van der Waals surface area (Å²) >= 11 is 0. The summed E-state index contributed by atoms with van der Waals surface area (Å²) in [5, 5.41) is 6.87. The van der Waals surface area contributed by atoms with E-state index in [0.29, 0.717) is 17.8 Å². The number of nitrogens with zero attached hydrogens (tertiary/aromatic N) is 2. The Bertz CT molecular complexity index is 574. The quantitative estimate of drug-likeness (QED) is 0.802. The van der Waals surface area contributed by atoms with E-state index in [4.69, 9.17) is 5.73 Å². The largest absolute Gasteiger partial charge is 0.399 e. The van der Waals surface area contributed by atoms with Crippen LogP contribution in [0, 0.1) is 0 Å². The lowest BCUT2D eigenvalue weighted by molar-refractivity contribution is 0.0956. The Hall–Kier alpha value is -2.30. The molecule has 0 spiro atoms. The Labute approximate surface area is 106 Å². The number of nitrogen functional groups attached to an aromatic ring is 1. The van der Waals surface area contributed by atoms with Crippen LogP contribution >= 0.6 is 0 Å². The van der Waals surface area contributed by atoms with Crippen molar-refractivity contribution in [3.63, 3.8) is 0 Å². The van der Waals surface area contributed by atoms with Crippen LogP contribution in [-0.2, 0) is 7.05 Å². The molecule has 3 N–H and O–H groups in total. The van der Waals surface area contributed by atoms with E-state index >= 15 is 0 Å². The second-order valence-corrected chi connectivity index (χ2v) is 4.11. The van der Waals surface area contributed by atoms with Crippen molar-refractivity contribution in [3.05, 3.63) is 36.2 Å². The highest BCUT2D eigenvalue weighted by molar-refractivity contribution is 5.96. The second-order valence-electron chi connectivity index (χ2n) is 4.11. The van der Waals surface area contributed by atoms with E-state index in [1.807, 2.05) is 32.3 Å². The van der Waals surface area contributed by atoms with E-state index in [-0.39, 0.29) is 5.91 Å². The van der Waals surface area contributed by atoms with Crippen LogP contribution in [0.25, 0.3) is 11.1 Å². The maximum Gasteiger partial charge on any atom is 0.251 e. The van der Waals surface area contributed by atoms with Crippen molar-refractivity contribution in [3.8, 4) is 11.1 Å². The van der Waals surface area contributed by atoms with Crippen LogP contribution in [0.5, 0.6) is 0 Å². The van der Waals surface area contributed by atoms with Crippen LogP contribution in [-0.4, -0.2) is 22.2 Å².